The average Bonchev–Trinajstić information content (AvgIpc) is 2.95. The maximum atomic E-state index is 13.4. The fraction of sp³-hybridized carbons (Fsp3) is 0.278. The third-order valence-corrected chi connectivity index (χ3v) is 4.53. The zero-order valence-corrected chi connectivity index (χ0v) is 13.3. The molecule has 0 amide bonds. The fourth-order valence-corrected chi connectivity index (χ4v) is 3.09. The Kier molecular flexibility index (Phi) is 3.52. The Bertz CT molecular complexity index is 1040. The van der Waals surface area contributed by atoms with Crippen LogP contribution in [0.5, 0.6) is 0 Å². The van der Waals surface area contributed by atoms with Gasteiger partial charge in [-0.2, -0.15) is 9.78 Å². The maximum Gasteiger partial charge on any atom is 0.298 e. The SMILES string of the molecule is CC1=CCC(/C=N/n2cnc3c([nH]c4ccc(F)cc43)c2=O)CC1. The van der Waals surface area contributed by atoms with Crippen LogP contribution in [0.25, 0.3) is 21.9 Å². The van der Waals surface area contributed by atoms with Crippen LogP contribution in [-0.2, 0) is 0 Å². The molecule has 4 rings (SSSR count). The van der Waals surface area contributed by atoms with Gasteiger partial charge >= 0.3 is 0 Å². The van der Waals surface area contributed by atoms with Gasteiger partial charge in [0.2, 0.25) is 0 Å². The predicted molar refractivity (Wildman–Crippen MR) is 92.8 cm³/mol. The highest BCUT2D eigenvalue weighted by Gasteiger charge is 2.13. The molecule has 0 bridgehead atoms. The van der Waals surface area contributed by atoms with Gasteiger partial charge in [0.15, 0.2) is 0 Å². The van der Waals surface area contributed by atoms with Crippen molar-refractivity contribution in [3.63, 3.8) is 0 Å². The molecule has 0 saturated heterocycles. The summed E-state index contributed by atoms with van der Waals surface area (Å²) in [7, 11) is 0. The Morgan fingerprint density at radius 2 is 2.33 bits per heavy atom. The molecule has 5 nitrogen and oxygen atoms in total. The largest absolute Gasteiger partial charge is 0.349 e. The molecule has 1 N–H and O–H groups in total. The minimum Gasteiger partial charge on any atom is -0.349 e. The van der Waals surface area contributed by atoms with Crippen molar-refractivity contribution in [1.82, 2.24) is 14.6 Å². The lowest BCUT2D eigenvalue weighted by atomic mass is 9.91. The lowest BCUT2D eigenvalue weighted by Gasteiger charge is -2.15. The molecule has 0 saturated carbocycles. The van der Waals surface area contributed by atoms with Crippen molar-refractivity contribution >= 4 is 28.2 Å². The summed E-state index contributed by atoms with van der Waals surface area (Å²) in [5.41, 5.74) is 2.62. The van der Waals surface area contributed by atoms with E-state index in [-0.39, 0.29) is 11.4 Å². The van der Waals surface area contributed by atoms with Crippen LogP contribution < -0.4 is 5.56 Å². The van der Waals surface area contributed by atoms with E-state index in [0.717, 1.165) is 19.3 Å². The summed E-state index contributed by atoms with van der Waals surface area (Å²) in [5, 5.41) is 4.89. The highest BCUT2D eigenvalue weighted by Crippen LogP contribution is 2.23. The first-order chi connectivity index (χ1) is 11.6. The second-order valence-corrected chi connectivity index (χ2v) is 6.28. The molecule has 122 valence electrons. The van der Waals surface area contributed by atoms with E-state index in [2.05, 4.69) is 28.1 Å². The first-order valence-electron chi connectivity index (χ1n) is 8.00. The van der Waals surface area contributed by atoms with Gasteiger partial charge in [0.1, 0.15) is 23.2 Å². The third kappa shape index (κ3) is 2.54. The summed E-state index contributed by atoms with van der Waals surface area (Å²) in [6.07, 6.45) is 8.49. The normalized spacial score (nSPS) is 18.6. The van der Waals surface area contributed by atoms with Gasteiger partial charge in [-0.05, 0) is 50.3 Å². The summed E-state index contributed by atoms with van der Waals surface area (Å²) < 4.78 is 14.7. The Hall–Kier alpha value is -2.76. The van der Waals surface area contributed by atoms with Crippen LogP contribution in [0, 0.1) is 11.7 Å². The quantitative estimate of drug-likeness (QED) is 0.578. The summed E-state index contributed by atoms with van der Waals surface area (Å²) in [6.45, 7) is 2.13. The molecule has 0 aliphatic heterocycles. The molecule has 2 heterocycles. The Morgan fingerprint density at radius 3 is 3.12 bits per heavy atom. The molecule has 1 unspecified atom stereocenters. The van der Waals surface area contributed by atoms with Gasteiger partial charge in [-0.3, -0.25) is 4.79 Å². The van der Waals surface area contributed by atoms with Crippen LogP contribution >= 0.6 is 0 Å². The fourth-order valence-electron chi connectivity index (χ4n) is 3.09. The minimum atomic E-state index is -0.354. The number of fused-ring (bicyclic) bond motifs is 3. The van der Waals surface area contributed by atoms with Crippen LogP contribution in [-0.4, -0.2) is 20.9 Å². The maximum absolute atomic E-state index is 13.4. The van der Waals surface area contributed by atoms with Crippen molar-refractivity contribution in [3.05, 3.63) is 52.3 Å². The second-order valence-electron chi connectivity index (χ2n) is 6.28. The van der Waals surface area contributed by atoms with Crippen molar-refractivity contribution < 1.29 is 4.39 Å². The van der Waals surface area contributed by atoms with Crippen LogP contribution in [0.15, 0.2) is 46.1 Å². The molecule has 6 heteroatoms. The molecule has 0 radical (unpaired) electrons. The molecule has 0 fully saturated rings. The smallest absolute Gasteiger partial charge is 0.298 e. The number of nitrogens with one attached hydrogen (secondary N) is 1. The van der Waals surface area contributed by atoms with Crippen molar-refractivity contribution in [3.8, 4) is 0 Å². The van der Waals surface area contributed by atoms with Gasteiger partial charge in [0, 0.05) is 17.1 Å². The number of halogens is 1. The van der Waals surface area contributed by atoms with Gasteiger partial charge in [-0.25, -0.2) is 9.37 Å². The van der Waals surface area contributed by atoms with E-state index in [1.165, 1.54) is 28.7 Å². The summed E-state index contributed by atoms with van der Waals surface area (Å²) in [6, 6.07) is 4.34. The topological polar surface area (TPSA) is 63.0 Å². The van der Waals surface area contributed by atoms with Crippen LogP contribution in [0.3, 0.4) is 0 Å². The zero-order chi connectivity index (χ0) is 16.7. The molecular weight excluding hydrogens is 307 g/mol. The van der Waals surface area contributed by atoms with Gasteiger partial charge in [0.05, 0.1) is 0 Å². The predicted octanol–water partition coefficient (Wildman–Crippen LogP) is 3.60. The molecule has 2 aromatic heterocycles. The summed E-state index contributed by atoms with van der Waals surface area (Å²) in [5.74, 6) is -0.0128. The number of aromatic nitrogens is 3. The standard InChI is InChI=1S/C18H17FN4O/c1-11-2-4-12(5-3-11)9-21-23-10-20-16-14-8-13(19)6-7-15(14)22-17(16)18(23)24/h2,6-10,12,22H,3-5H2,1H3/b21-9+. The lowest BCUT2D eigenvalue weighted by molar-refractivity contribution is 0.602. The molecule has 0 spiro atoms. The Balaban J connectivity index is 1.73. The van der Waals surface area contributed by atoms with Crippen LogP contribution in [0.1, 0.15) is 26.2 Å². The molecule has 3 aromatic rings. The Labute approximate surface area is 137 Å². The highest BCUT2D eigenvalue weighted by molar-refractivity contribution is 6.04. The minimum absolute atomic E-state index is 0.282. The monoisotopic (exact) mass is 324 g/mol. The molecular formula is C18H17FN4O. The molecule has 24 heavy (non-hydrogen) atoms. The van der Waals surface area contributed by atoms with E-state index in [1.807, 2.05) is 6.21 Å². The van der Waals surface area contributed by atoms with E-state index in [1.54, 1.807) is 6.07 Å². The molecule has 1 atom stereocenters. The van der Waals surface area contributed by atoms with Crippen molar-refractivity contribution in [2.24, 2.45) is 11.0 Å². The van der Waals surface area contributed by atoms with E-state index < -0.39 is 0 Å². The summed E-state index contributed by atoms with van der Waals surface area (Å²) >= 11 is 0. The van der Waals surface area contributed by atoms with Gasteiger partial charge in [-0.15, -0.1) is 0 Å². The van der Waals surface area contributed by atoms with Crippen LogP contribution in [0.2, 0.25) is 0 Å². The van der Waals surface area contributed by atoms with Gasteiger partial charge in [0.25, 0.3) is 5.56 Å². The van der Waals surface area contributed by atoms with E-state index in [4.69, 9.17) is 0 Å². The number of hydrogen-bond donors (Lipinski definition) is 1. The van der Waals surface area contributed by atoms with Crippen molar-refractivity contribution in [2.45, 2.75) is 26.2 Å². The summed E-state index contributed by atoms with van der Waals surface area (Å²) in [4.78, 5) is 19.9. The molecule has 1 aliphatic rings. The molecule has 1 aromatic carbocycles. The first-order valence-corrected chi connectivity index (χ1v) is 8.00. The number of H-pyrrole nitrogens is 1. The first kappa shape index (κ1) is 14.8. The number of allylic oxidation sites excluding steroid dienone is 2. The number of nitrogens with zero attached hydrogens (tertiary/aromatic N) is 3. The highest BCUT2D eigenvalue weighted by atomic mass is 19.1. The molecule has 1 aliphatic carbocycles. The van der Waals surface area contributed by atoms with E-state index in [9.17, 15) is 9.18 Å². The zero-order valence-electron chi connectivity index (χ0n) is 13.3. The Morgan fingerprint density at radius 1 is 1.46 bits per heavy atom. The number of aromatic amines is 1. The lowest BCUT2D eigenvalue weighted by Crippen LogP contribution is -2.18. The average molecular weight is 324 g/mol. The van der Waals surface area contributed by atoms with Crippen molar-refractivity contribution in [1.29, 1.82) is 0 Å². The third-order valence-electron chi connectivity index (χ3n) is 4.53. The van der Waals surface area contributed by atoms with Gasteiger partial charge < -0.3 is 4.98 Å². The van der Waals surface area contributed by atoms with E-state index >= 15 is 0 Å². The van der Waals surface area contributed by atoms with Gasteiger partial charge in [-0.1, -0.05) is 11.6 Å². The van der Waals surface area contributed by atoms with E-state index in [0.29, 0.717) is 27.9 Å². The number of rotatable bonds is 2. The van der Waals surface area contributed by atoms with Crippen LogP contribution in [0.4, 0.5) is 4.39 Å². The number of hydrogen-bond acceptors (Lipinski definition) is 3. The number of benzene rings is 1. The second kappa shape index (κ2) is 5.70. The van der Waals surface area contributed by atoms with Crippen molar-refractivity contribution in [2.75, 3.05) is 0 Å².